The highest BCUT2D eigenvalue weighted by Crippen LogP contribution is 2.84. The van der Waals surface area contributed by atoms with E-state index in [0.717, 1.165) is 20.8 Å². The lowest BCUT2D eigenvalue weighted by Crippen LogP contribution is -2.99. The Morgan fingerprint density at radius 1 is 0.827 bits per heavy atom. The van der Waals surface area contributed by atoms with Crippen molar-refractivity contribution in [2.45, 2.75) is 120 Å². The Labute approximate surface area is 296 Å². The number of carbonyl (C=O) groups is 6. The molecule has 4 N–H and O–H groups in total. The van der Waals surface area contributed by atoms with Gasteiger partial charge >= 0.3 is 35.8 Å². The van der Waals surface area contributed by atoms with Gasteiger partial charge < -0.3 is 53.3 Å². The molecule has 0 unspecified atom stereocenters. The molecule has 17 heteroatoms. The molecule has 1 aromatic rings. The van der Waals surface area contributed by atoms with Gasteiger partial charge in [-0.1, -0.05) is 20.8 Å². The van der Waals surface area contributed by atoms with Crippen LogP contribution in [-0.4, -0.2) is 110 Å². The maximum atomic E-state index is 13.9. The van der Waals surface area contributed by atoms with Crippen LogP contribution in [0.2, 0.25) is 0 Å². The highest BCUT2D eigenvalue weighted by molar-refractivity contribution is 5.76. The highest BCUT2D eigenvalue weighted by Gasteiger charge is 3.01. The van der Waals surface area contributed by atoms with E-state index in [0.29, 0.717) is 0 Å². The maximum Gasteiger partial charge on any atom is 0.306 e. The smallest absolute Gasteiger partial charge is 0.306 e. The van der Waals surface area contributed by atoms with Crippen molar-refractivity contribution in [3.63, 3.8) is 0 Å². The zero-order valence-electron chi connectivity index (χ0n) is 29.4. The van der Waals surface area contributed by atoms with Gasteiger partial charge in [0.1, 0.15) is 35.6 Å². The van der Waals surface area contributed by atoms with Gasteiger partial charge in [-0.15, -0.1) is 0 Å². The molecule has 1 spiro atoms. The molecule has 0 radical (unpaired) electrons. The summed E-state index contributed by atoms with van der Waals surface area (Å²) in [5, 5.41) is 54.4. The average molecular weight is 735 g/mol. The number of hydrogen-bond acceptors (Lipinski definition) is 17. The summed E-state index contributed by atoms with van der Waals surface area (Å²) in [6, 6.07) is 1.43. The van der Waals surface area contributed by atoms with E-state index in [1.807, 2.05) is 0 Å². The number of ether oxygens (including phenoxy) is 6. The molecular weight excluding hydrogens is 692 g/mol. The second-order valence-electron chi connectivity index (χ2n) is 15.7. The topological polar surface area (TPSA) is 252 Å². The zero-order valence-corrected chi connectivity index (χ0v) is 29.4. The Morgan fingerprint density at radius 3 is 2.02 bits per heavy atom. The summed E-state index contributed by atoms with van der Waals surface area (Å²) in [6.07, 6.45) is -9.43. The third-order valence-electron chi connectivity index (χ3n) is 13.4. The number of fused-ring (bicyclic) bond motifs is 5. The van der Waals surface area contributed by atoms with Gasteiger partial charge in [0.15, 0.2) is 23.9 Å². The van der Waals surface area contributed by atoms with E-state index in [-0.39, 0.29) is 12.0 Å². The number of hydrogen-bond donors (Lipinski definition) is 4. The molecule has 4 saturated carbocycles. The van der Waals surface area contributed by atoms with Crippen molar-refractivity contribution < 1.29 is 82.0 Å². The van der Waals surface area contributed by atoms with Crippen LogP contribution in [0.15, 0.2) is 23.0 Å². The molecule has 17 nitrogen and oxygen atoms in total. The minimum absolute atomic E-state index is 0.193. The summed E-state index contributed by atoms with van der Waals surface area (Å²) in [7, 11) is 0. The first-order chi connectivity index (χ1) is 24.2. The van der Waals surface area contributed by atoms with Crippen molar-refractivity contribution in [3.05, 3.63) is 24.2 Å². The molecule has 2 saturated heterocycles. The van der Waals surface area contributed by atoms with Crippen LogP contribution < -0.4 is 0 Å². The zero-order chi connectivity index (χ0) is 38.2. The molecule has 0 aromatic carbocycles. The Morgan fingerprint density at radius 2 is 1.44 bits per heavy atom. The summed E-state index contributed by atoms with van der Waals surface area (Å²) in [5.41, 5.74) is -17.9. The lowest BCUT2D eigenvalue weighted by molar-refractivity contribution is -0.471. The minimum atomic E-state index is -3.18. The monoisotopic (exact) mass is 734 g/mol. The third-order valence-corrected chi connectivity index (χ3v) is 13.4. The number of cyclic esters (lactones) is 2. The summed E-state index contributed by atoms with van der Waals surface area (Å²) in [4.78, 5) is 79.2. The number of carbonyl (C=O) groups excluding carboxylic acids is 6. The fourth-order valence-corrected chi connectivity index (χ4v) is 11.8. The standard InChI is InChI=1S/C35H42O17/c1-7-21(39)52-28-33(43)20-11-23(41)51-24(18-8-9-46-12-18)30(20,6)25(48-15(2)36)26(49-16(3)37)35(33,45)31-14-47-22(40)10-19(31)29(5)13-32(31,42)34(28,44)27(29)50-17(4)38/h8-9,12,19-20,24-28,42-45H,7,10-11,13-14H2,1-6H3/t19-,20+,24-,25-,26+,27-,28-,29+,30+,31+,32+,33+,34-,35-/m0/s1. The number of rotatable bonds is 6. The van der Waals surface area contributed by atoms with Crippen LogP contribution in [-0.2, 0) is 57.2 Å². The van der Waals surface area contributed by atoms with Gasteiger partial charge in [-0.25, -0.2) is 0 Å². The van der Waals surface area contributed by atoms with Gasteiger partial charge in [0.2, 0.25) is 0 Å². The molecule has 2 aliphatic heterocycles. The van der Waals surface area contributed by atoms with Crippen LogP contribution in [0.3, 0.4) is 0 Å². The molecule has 4 aliphatic carbocycles. The maximum absolute atomic E-state index is 13.9. The van der Waals surface area contributed by atoms with Crippen LogP contribution in [0.4, 0.5) is 0 Å². The Balaban J connectivity index is 1.65. The quantitative estimate of drug-likeness (QED) is 0.220. The van der Waals surface area contributed by atoms with Crippen LogP contribution in [0, 0.1) is 28.1 Å². The van der Waals surface area contributed by atoms with Crippen molar-refractivity contribution in [1.82, 2.24) is 0 Å². The minimum Gasteiger partial charge on any atom is -0.472 e. The van der Waals surface area contributed by atoms with Crippen LogP contribution in [0.1, 0.15) is 78.9 Å². The molecular formula is C35H42O17. The van der Waals surface area contributed by atoms with E-state index < -0.39 is 143 Å². The average Bonchev–Trinajstić information content (AvgIpc) is 3.71. The van der Waals surface area contributed by atoms with E-state index >= 15 is 0 Å². The van der Waals surface area contributed by atoms with Gasteiger partial charge in [-0.05, 0) is 18.4 Å². The molecule has 1 aromatic heterocycles. The number of aliphatic hydroxyl groups is 4. The SMILES string of the molecule is CCC(=O)O[C@@H]1[C@@]2(O)[C@@H](OC(C)=O)[C@]3(C)C[C@@]2(O)[C@]2(COC(=O)C[C@@H]32)[C@@]2(O)[C@H](OC(C)=O)[C@H](OC(C)=O)[C@]3(C)[C@@H](CC(=O)O[C@H]3c3ccoc3)[C@@]12O. The van der Waals surface area contributed by atoms with Crippen molar-refractivity contribution in [3.8, 4) is 0 Å². The molecule has 14 atom stereocenters. The second kappa shape index (κ2) is 11.0. The molecule has 0 amide bonds. The van der Waals surface area contributed by atoms with Gasteiger partial charge in [0.05, 0.1) is 29.8 Å². The van der Waals surface area contributed by atoms with E-state index in [4.69, 9.17) is 32.8 Å². The Hall–Kier alpha value is -4.06. The Kier molecular flexibility index (Phi) is 7.67. The summed E-state index contributed by atoms with van der Waals surface area (Å²) < 4.78 is 40.3. The van der Waals surface area contributed by atoms with E-state index in [1.54, 1.807) is 0 Å². The number of furan rings is 1. The summed E-state index contributed by atoms with van der Waals surface area (Å²) in [6.45, 7) is 6.50. The highest BCUT2D eigenvalue weighted by atomic mass is 16.6. The summed E-state index contributed by atoms with van der Waals surface area (Å²) in [5.74, 6) is -8.79. The fourth-order valence-electron chi connectivity index (χ4n) is 11.8. The van der Waals surface area contributed by atoms with Crippen molar-refractivity contribution >= 4 is 35.8 Å². The van der Waals surface area contributed by atoms with Crippen molar-refractivity contribution in [2.24, 2.45) is 28.1 Å². The van der Waals surface area contributed by atoms with Gasteiger partial charge in [0, 0.05) is 50.5 Å². The molecule has 7 rings (SSSR count). The molecule has 2 bridgehead atoms. The fraction of sp³-hybridized carbons (Fsp3) is 0.714. The lowest BCUT2D eigenvalue weighted by atomic mass is 9.32. The van der Waals surface area contributed by atoms with Gasteiger partial charge in [-0.2, -0.15) is 0 Å². The van der Waals surface area contributed by atoms with Crippen LogP contribution >= 0.6 is 0 Å². The Bertz CT molecular complexity index is 1760. The first kappa shape index (κ1) is 36.3. The largest absolute Gasteiger partial charge is 0.472 e. The van der Waals surface area contributed by atoms with Crippen molar-refractivity contribution in [1.29, 1.82) is 0 Å². The summed E-state index contributed by atoms with van der Waals surface area (Å²) >= 11 is 0. The van der Waals surface area contributed by atoms with Gasteiger partial charge in [0.25, 0.3) is 0 Å². The van der Waals surface area contributed by atoms with Crippen LogP contribution in [0.25, 0.3) is 0 Å². The van der Waals surface area contributed by atoms with E-state index in [1.165, 1.54) is 39.4 Å². The number of esters is 6. The first-order valence-electron chi connectivity index (χ1n) is 17.1. The molecule has 52 heavy (non-hydrogen) atoms. The molecule has 3 heterocycles. The van der Waals surface area contributed by atoms with E-state index in [9.17, 15) is 49.2 Å². The normalized spacial score (nSPS) is 48.2. The first-order valence-corrected chi connectivity index (χ1v) is 17.1. The second-order valence-corrected chi connectivity index (χ2v) is 15.7. The third kappa shape index (κ3) is 3.86. The molecule has 284 valence electrons. The molecule has 6 aliphatic rings. The van der Waals surface area contributed by atoms with Gasteiger partial charge in [-0.3, -0.25) is 28.8 Å². The molecule has 6 fully saturated rings. The predicted molar refractivity (Wildman–Crippen MR) is 165 cm³/mol. The predicted octanol–water partition coefficient (Wildman–Crippen LogP) is -0.0683. The van der Waals surface area contributed by atoms with Crippen molar-refractivity contribution in [2.75, 3.05) is 6.61 Å². The van der Waals surface area contributed by atoms with Crippen LogP contribution in [0.5, 0.6) is 0 Å². The van der Waals surface area contributed by atoms with E-state index in [2.05, 4.69) is 0 Å². The lowest BCUT2D eigenvalue weighted by Gasteiger charge is -2.78.